The highest BCUT2D eigenvalue weighted by molar-refractivity contribution is 7.88. The van der Waals surface area contributed by atoms with Crippen molar-refractivity contribution >= 4 is 15.9 Å². The maximum absolute atomic E-state index is 11.7. The molecule has 0 aliphatic carbocycles. The van der Waals surface area contributed by atoms with E-state index in [1.54, 1.807) is 20.8 Å². The highest BCUT2D eigenvalue weighted by Crippen LogP contribution is 2.02. The van der Waals surface area contributed by atoms with Crippen LogP contribution in [-0.4, -0.2) is 45.3 Å². The Morgan fingerprint density at radius 1 is 1.32 bits per heavy atom. The van der Waals surface area contributed by atoms with Crippen molar-refractivity contribution < 1.29 is 13.2 Å². The van der Waals surface area contributed by atoms with Crippen LogP contribution in [0, 0.1) is 0 Å². The summed E-state index contributed by atoms with van der Waals surface area (Å²) in [5.74, 6) is -0.0661. The van der Waals surface area contributed by atoms with E-state index in [2.05, 4.69) is 22.3 Å². The number of hydrogen-bond donors (Lipinski definition) is 3. The molecule has 0 aromatic rings. The molecule has 1 amide bonds. The molecular formula is C12H27N3O3S. The van der Waals surface area contributed by atoms with Crippen LogP contribution in [0.3, 0.4) is 0 Å². The van der Waals surface area contributed by atoms with E-state index in [0.29, 0.717) is 13.1 Å². The Bertz CT molecular complexity index is 380. The number of amides is 1. The van der Waals surface area contributed by atoms with Gasteiger partial charge in [-0.1, -0.05) is 13.3 Å². The number of nitrogens with one attached hydrogen (secondary N) is 3. The van der Waals surface area contributed by atoms with Gasteiger partial charge in [0.2, 0.25) is 15.9 Å². The quantitative estimate of drug-likeness (QED) is 0.530. The standard InChI is InChI=1S/C12H27N3O3S/c1-6-7-8-13-11(16)10(2)14-9-12(3,4)15-19(5,17)18/h10,14-15H,6-9H2,1-5H3,(H,13,16). The average molecular weight is 293 g/mol. The molecule has 0 aliphatic heterocycles. The number of unbranched alkanes of at least 4 members (excludes halogenated alkanes) is 1. The lowest BCUT2D eigenvalue weighted by Crippen LogP contribution is -2.53. The summed E-state index contributed by atoms with van der Waals surface area (Å²) >= 11 is 0. The maximum atomic E-state index is 11.7. The van der Waals surface area contributed by atoms with E-state index in [9.17, 15) is 13.2 Å². The number of carbonyl (C=O) groups is 1. The first-order valence-electron chi connectivity index (χ1n) is 6.57. The fourth-order valence-electron chi connectivity index (χ4n) is 1.58. The van der Waals surface area contributed by atoms with Crippen molar-refractivity contribution in [2.24, 2.45) is 0 Å². The van der Waals surface area contributed by atoms with Gasteiger partial charge in [0.25, 0.3) is 0 Å². The van der Waals surface area contributed by atoms with Crippen LogP contribution in [0.2, 0.25) is 0 Å². The zero-order valence-corrected chi connectivity index (χ0v) is 13.4. The summed E-state index contributed by atoms with van der Waals surface area (Å²) < 4.78 is 24.9. The Morgan fingerprint density at radius 2 is 1.89 bits per heavy atom. The first-order chi connectivity index (χ1) is 8.57. The van der Waals surface area contributed by atoms with E-state index in [4.69, 9.17) is 0 Å². The van der Waals surface area contributed by atoms with Gasteiger partial charge in [-0.05, 0) is 27.2 Å². The number of rotatable bonds is 9. The van der Waals surface area contributed by atoms with Gasteiger partial charge in [0.1, 0.15) is 0 Å². The van der Waals surface area contributed by atoms with Crippen molar-refractivity contribution in [3.63, 3.8) is 0 Å². The number of sulfonamides is 1. The molecule has 0 aromatic heterocycles. The van der Waals surface area contributed by atoms with Gasteiger partial charge in [0.15, 0.2) is 0 Å². The van der Waals surface area contributed by atoms with Crippen molar-refractivity contribution in [1.29, 1.82) is 0 Å². The molecule has 7 heteroatoms. The fourth-order valence-corrected chi connectivity index (χ4v) is 2.66. The molecule has 0 radical (unpaired) electrons. The first-order valence-corrected chi connectivity index (χ1v) is 8.46. The third kappa shape index (κ3) is 9.86. The number of hydrogen-bond acceptors (Lipinski definition) is 4. The van der Waals surface area contributed by atoms with Gasteiger partial charge < -0.3 is 10.6 Å². The monoisotopic (exact) mass is 293 g/mol. The Labute approximate surface area is 116 Å². The van der Waals surface area contributed by atoms with Crippen LogP contribution >= 0.6 is 0 Å². The summed E-state index contributed by atoms with van der Waals surface area (Å²) in [5, 5.41) is 5.86. The largest absolute Gasteiger partial charge is 0.355 e. The molecular weight excluding hydrogens is 266 g/mol. The van der Waals surface area contributed by atoms with Crippen LogP contribution in [0.25, 0.3) is 0 Å². The van der Waals surface area contributed by atoms with Crippen LogP contribution in [0.15, 0.2) is 0 Å². The lowest BCUT2D eigenvalue weighted by molar-refractivity contribution is -0.122. The van der Waals surface area contributed by atoms with E-state index < -0.39 is 15.6 Å². The minimum atomic E-state index is -3.26. The smallest absolute Gasteiger partial charge is 0.236 e. The zero-order chi connectivity index (χ0) is 15.1. The third-order valence-corrected chi connectivity index (χ3v) is 3.46. The highest BCUT2D eigenvalue weighted by Gasteiger charge is 2.23. The van der Waals surface area contributed by atoms with Gasteiger partial charge in [0, 0.05) is 18.6 Å². The molecule has 1 unspecified atom stereocenters. The SMILES string of the molecule is CCCCNC(=O)C(C)NCC(C)(C)NS(C)(=O)=O. The van der Waals surface area contributed by atoms with E-state index in [1.165, 1.54) is 0 Å². The molecule has 19 heavy (non-hydrogen) atoms. The predicted molar refractivity (Wildman–Crippen MR) is 77.4 cm³/mol. The fraction of sp³-hybridized carbons (Fsp3) is 0.917. The highest BCUT2D eigenvalue weighted by atomic mass is 32.2. The number of carbonyl (C=O) groups excluding carboxylic acids is 1. The lowest BCUT2D eigenvalue weighted by Gasteiger charge is -2.27. The molecule has 1 atom stereocenters. The van der Waals surface area contributed by atoms with E-state index in [1.807, 2.05) is 0 Å². The van der Waals surface area contributed by atoms with E-state index in [0.717, 1.165) is 19.1 Å². The van der Waals surface area contributed by atoms with Crippen molar-refractivity contribution in [2.75, 3.05) is 19.3 Å². The second kappa shape index (κ2) is 7.81. The zero-order valence-electron chi connectivity index (χ0n) is 12.5. The Balaban J connectivity index is 4.13. The molecule has 0 heterocycles. The second-order valence-corrected chi connectivity index (χ2v) is 7.25. The predicted octanol–water partition coefficient (Wildman–Crippen LogP) is 0.209. The third-order valence-electron chi connectivity index (χ3n) is 2.53. The molecule has 114 valence electrons. The van der Waals surface area contributed by atoms with E-state index in [-0.39, 0.29) is 11.9 Å². The molecule has 6 nitrogen and oxygen atoms in total. The molecule has 0 aliphatic rings. The molecule has 0 spiro atoms. The van der Waals surface area contributed by atoms with Gasteiger partial charge in [-0.3, -0.25) is 4.79 Å². The molecule has 0 saturated heterocycles. The Hall–Kier alpha value is -0.660. The van der Waals surface area contributed by atoms with Gasteiger partial charge in [-0.15, -0.1) is 0 Å². The van der Waals surface area contributed by atoms with Gasteiger partial charge in [-0.2, -0.15) is 0 Å². The van der Waals surface area contributed by atoms with Crippen LogP contribution in [-0.2, 0) is 14.8 Å². The van der Waals surface area contributed by atoms with Crippen molar-refractivity contribution in [3.05, 3.63) is 0 Å². The Kier molecular flexibility index (Phi) is 7.54. The summed E-state index contributed by atoms with van der Waals surface area (Å²) in [7, 11) is -3.26. The Morgan fingerprint density at radius 3 is 2.37 bits per heavy atom. The van der Waals surface area contributed by atoms with Crippen LogP contribution in [0.1, 0.15) is 40.5 Å². The van der Waals surface area contributed by atoms with Crippen molar-refractivity contribution in [3.8, 4) is 0 Å². The normalized spacial score (nSPS) is 14.2. The van der Waals surface area contributed by atoms with Crippen molar-refractivity contribution in [2.45, 2.75) is 52.1 Å². The van der Waals surface area contributed by atoms with Gasteiger partial charge >= 0.3 is 0 Å². The van der Waals surface area contributed by atoms with Gasteiger partial charge in [0.05, 0.1) is 12.3 Å². The molecule has 3 N–H and O–H groups in total. The summed E-state index contributed by atoms with van der Waals surface area (Å²) in [6.07, 6.45) is 3.11. The van der Waals surface area contributed by atoms with Crippen LogP contribution in [0.4, 0.5) is 0 Å². The van der Waals surface area contributed by atoms with Crippen LogP contribution in [0.5, 0.6) is 0 Å². The first kappa shape index (κ1) is 18.3. The summed E-state index contributed by atoms with van der Waals surface area (Å²) in [5.41, 5.74) is -0.633. The molecule has 0 saturated carbocycles. The van der Waals surface area contributed by atoms with Crippen LogP contribution < -0.4 is 15.4 Å². The molecule has 0 bridgehead atoms. The maximum Gasteiger partial charge on any atom is 0.236 e. The average Bonchev–Trinajstić information content (AvgIpc) is 2.23. The lowest BCUT2D eigenvalue weighted by atomic mass is 10.1. The minimum absolute atomic E-state index is 0.0661. The van der Waals surface area contributed by atoms with Gasteiger partial charge in [-0.25, -0.2) is 13.1 Å². The van der Waals surface area contributed by atoms with Crippen molar-refractivity contribution in [1.82, 2.24) is 15.4 Å². The second-order valence-electron chi connectivity index (χ2n) is 5.51. The minimum Gasteiger partial charge on any atom is -0.355 e. The summed E-state index contributed by atoms with van der Waals surface area (Å²) in [6.45, 7) is 8.41. The van der Waals surface area contributed by atoms with E-state index >= 15 is 0 Å². The summed E-state index contributed by atoms with van der Waals surface area (Å²) in [4.78, 5) is 11.7. The molecule has 0 aromatic carbocycles. The molecule has 0 fully saturated rings. The topological polar surface area (TPSA) is 87.3 Å². The summed E-state index contributed by atoms with van der Waals surface area (Å²) in [6, 6.07) is -0.350. The molecule has 0 rings (SSSR count).